The molecule has 0 saturated heterocycles. The lowest BCUT2D eigenvalue weighted by molar-refractivity contribution is 0.277. The number of aliphatic hydroxyl groups is 1. The molecule has 0 bridgehead atoms. The van der Waals surface area contributed by atoms with E-state index >= 15 is 0 Å². The Balaban J connectivity index is 2.66. The van der Waals surface area contributed by atoms with E-state index in [1.165, 1.54) is 0 Å². The third-order valence-corrected chi connectivity index (χ3v) is 2.35. The molecule has 1 aliphatic rings. The minimum Gasteiger partial charge on any atom is -0.392 e. The van der Waals surface area contributed by atoms with Crippen molar-refractivity contribution in [2.24, 2.45) is 0 Å². The van der Waals surface area contributed by atoms with E-state index in [4.69, 9.17) is 9.66 Å². The zero-order valence-electron chi connectivity index (χ0n) is 3.98. The average Bonchev–Trinajstić information content (AvgIpc) is 2.13. The van der Waals surface area contributed by atoms with Crippen molar-refractivity contribution >= 4 is 10.1 Å². The van der Waals surface area contributed by atoms with Crippen LogP contribution in [0.15, 0.2) is 0 Å². The van der Waals surface area contributed by atoms with E-state index in [0.29, 0.717) is 0 Å². The first kappa shape index (κ1) is 6.00. The monoisotopic (exact) mass is 138 g/mol. The van der Waals surface area contributed by atoms with E-state index in [-0.39, 0.29) is 6.42 Å². The molecule has 8 heavy (non-hydrogen) atoms. The van der Waals surface area contributed by atoms with E-state index in [1.54, 1.807) is 0 Å². The number of hydrogen-bond acceptors (Lipinski definition) is 3. The summed E-state index contributed by atoms with van der Waals surface area (Å²) in [6.07, 6.45) is -0.649. The molecule has 4 nitrogen and oxygen atoms in total. The van der Waals surface area contributed by atoms with E-state index in [9.17, 15) is 8.42 Å². The van der Waals surface area contributed by atoms with Gasteiger partial charge in [-0.1, -0.05) is 0 Å². The fraction of sp³-hybridized carbons (Fsp3) is 1.00. The maximum atomic E-state index is 10.00. The highest BCUT2D eigenvalue weighted by Crippen LogP contribution is 2.27. The number of aliphatic hydroxyl groups excluding tert-OH is 1. The van der Waals surface area contributed by atoms with Crippen LogP contribution in [0.1, 0.15) is 6.42 Å². The van der Waals surface area contributed by atoms with Crippen LogP contribution in [0.4, 0.5) is 0 Å². The summed E-state index contributed by atoms with van der Waals surface area (Å²) >= 11 is 0. The molecule has 0 spiro atoms. The van der Waals surface area contributed by atoms with Gasteiger partial charge < -0.3 is 5.11 Å². The molecule has 1 fully saturated rings. The zero-order chi connectivity index (χ0) is 6.36. The smallest absolute Gasteiger partial charge is 0.270 e. The highest BCUT2D eigenvalue weighted by Gasteiger charge is 2.45. The van der Waals surface area contributed by atoms with Gasteiger partial charge in [-0.2, -0.15) is 8.42 Å². The largest absolute Gasteiger partial charge is 0.392 e. The Bertz CT molecular complexity index is 181. The minimum absolute atomic E-state index is 0.179. The second-order valence-electron chi connectivity index (χ2n) is 1.86. The highest BCUT2D eigenvalue weighted by atomic mass is 32.2. The molecule has 2 N–H and O–H groups in total. The molecule has 1 saturated carbocycles. The summed E-state index contributed by atoms with van der Waals surface area (Å²) in [5, 5.41) is 7.52. The normalized spacial score (nSPS) is 37.2. The summed E-state index contributed by atoms with van der Waals surface area (Å²) in [5.41, 5.74) is 0. The van der Waals surface area contributed by atoms with Crippen LogP contribution in [-0.4, -0.2) is 29.4 Å². The summed E-state index contributed by atoms with van der Waals surface area (Å²) < 4.78 is 28.1. The van der Waals surface area contributed by atoms with Crippen LogP contribution in [0, 0.1) is 0 Å². The van der Waals surface area contributed by atoms with Gasteiger partial charge in [-0.05, 0) is 6.42 Å². The van der Waals surface area contributed by atoms with Crippen molar-refractivity contribution in [1.82, 2.24) is 0 Å². The van der Waals surface area contributed by atoms with Crippen LogP contribution in [0.2, 0.25) is 0 Å². The Hall–Kier alpha value is -0.130. The fourth-order valence-corrected chi connectivity index (χ4v) is 1.32. The first-order valence-corrected chi connectivity index (χ1v) is 3.66. The molecule has 2 unspecified atom stereocenters. The Labute approximate surface area is 46.9 Å². The molecule has 0 aliphatic heterocycles. The van der Waals surface area contributed by atoms with Crippen molar-refractivity contribution < 1.29 is 18.1 Å². The lowest BCUT2D eigenvalue weighted by Crippen LogP contribution is -2.07. The SMILES string of the molecule is O=S(=O)(O)C1CC1O. The van der Waals surface area contributed by atoms with Gasteiger partial charge >= 0.3 is 0 Å². The van der Waals surface area contributed by atoms with Gasteiger partial charge in [0.2, 0.25) is 0 Å². The number of rotatable bonds is 1. The summed E-state index contributed by atoms with van der Waals surface area (Å²) in [5.74, 6) is 0. The molecular weight excluding hydrogens is 132 g/mol. The first-order valence-electron chi connectivity index (χ1n) is 2.16. The molecular formula is C3H6O4S. The molecule has 0 aromatic heterocycles. The predicted molar refractivity (Wildman–Crippen MR) is 26.0 cm³/mol. The fourth-order valence-electron chi connectivity index (χ4n) is 0.480. The lowest BCUT2D eigenvalue weighted by Gasteiger charge is -1.85. The van der Waals surface area contributed by atoms with Crippen molar-refractivity contribution in [3.8, 4) is 0 Å². The van der Waals surface area contributed by atoms with Crippen LogP contribution in [0.3, 0.4) is 0 Å². The Morgan fingerprint density at radius 2 is 1.88 bits per heavy atom. The van der Waals surface area contributed by atoms with Gasteiger partial charge in [-0.15, -0.1) is 0 Å². The summed E-state index contributed by atoms with van der Waals surface area (Å²) in [6, 6.07) is 0. The summed E-state index contributed by atoms with van der Waals surface area (Å²) in [4.78, 5) is 0. The van der Waals surface area contributed by atoms with Crippen LogP contribution >= 0.6 is 0 Å². The molecule has 0 aromatic carbocycles. The summed E-state index contributed by atoms with van der Waals surface area (Å²) in [7, 11) is -3.93. The molecule has 2 atom stereocenters. The Kier molecular flexibility index (Phi) is 1.07. The second kappa shape index (κ2) is 1.43. The van der Waals surface area contributed by atoms with Gasteiger partial charge in [0.1, 0.15) is 5.25 Å². The van der Waals surface area contributed by atoms with E-state index in [2.05, 4.69) is 0 Å². The standard InChI is InChI=1S/C3H6O4S/c4-2-1-3(2)8(5,6)7/h2-4H,1H2,(H,5,6,7). The molecule has 0 heterocycles. The molecule has 1 aliphatic carbocycles. The van der Waals surface area contributed by atoms with Gasteiger partial charge in [0.25, 0.3) is 10.1 Å². The van der Waals surface area contributed by atoms with Gasteiger partial charge in [0.05, 0.1) is 6.10 Å². The van der Waals surface area contributed by atoms with Crippen LogP contribution in [-0.2, 0) is 10.1 Å². The maximum Gasteiger partial charge on any atom is 0.270 e. The molecule has 1 rings (SSSR count). The third-order valence-electron chi connectivity index (χ3n) is 1.08. The number of hydrogen-bond donors (Lipinski definition) is 2. The molecule has 48 valence electrons. The van der Waals surface area contributed by atoms with Crippen molar-refractivity contribution in [2.75, 3.05) is 0 Å². The van der Waals surface area contributed by atoms with Crippen LogP contribution < -0.4 is 0 Å². The summed E-state index contributed by atoms with van der Waals surface area (Å²) in [6.45, 7) is 0. The van der Waals surface area contributed by atoms with E-state index in [0.717, 1.165) is 0 Å². The van der Waals surface area contributed by atoms with Crippen molar-refractivity contribution in [2.45, 2.75) is 17.8 Å². The van der Waals surface area contributed by atoms with Crippen LogP contribution in [0.5, 0.6) is 0 Å². The molecule has 0 aromatic rings. The van der Waals surface area contributed by atoms with E-state index in [1.807, 2.05) is 0 Å². The lowest BCUT2D eigenvalue weighted by atomic mass is 10.9. The highest BCUT2D eigenvalue weighted by molar-refractivity contribution is 7.86. The second-order valence-corrected chi connectivity index (χ2v) is 3.49. The Morgan fingerprint density at radius 1 is 1.50 bits per heavy atom. The van der Waals surface area contributed by atoms with Gasteiger partial charge in [0.15, 0.2) is 0 Å². The zero-order valence-corrected chi connectivity index (χ0v) is 4.80. The Morgan fingerprint density at radius 3 is 1.88 bits per heavy atom. The average molecular weight is 138 g/mol. The molecule has 0 amide bonds. The van der Waals surface area contributed by atoms with Gasteiger partial charge in [-0.25, -0.2) is 0 Å². The minimum atomic E-state index is -3.93. The van der Waals surface area contributed by atoms with Crippen molar-refractivity contribution in [1.29, 1.82) is 0 Å². The third kappa shape index (κ3) is 0.988. The molecule has 0 radical (unpaired) electrons. The van der Waals surface area contributed by atoms with Crippen molar-refractivity contribution in [3.63, 3.8) is 0 Å². The van der Waals surface area contributed by atoms with Crippen LogP contribution in [0.25, 0.3) is 0 Å². The quantitative estimate of drug-likeness (QED) is 0.456. The first-order chi connectivity index (χ1) is 3.52. The van der Waals surface area contributed by atoms with E-state index < -0.39 is 21.5 Å². The molecule has 5 heteroatoms. The van der Waals surface area contributed by atoms with Gasteiger partial charge in [0, 0.05) is 0 Å². The maximum absolute atomic E-state index is 10.00. The van der Waals surface area contributed by atoms with Crippen molar-refractivity contribution in [3.05, 3.63) is 0 Å². The topological polar surface area (TPSA) is 74.6 Å². The predicted octanol–water partition coefficient (Wildman–Crippen LogP) is -0.993. The van der Waals surface area contributed by atoms with Gasteiger partial charge in [-0.3, -0.25) is 4.55 Å².